The van der Waals surface area contributed by atoms with Crippen molar-refractivity contribution in [2.24, 2.45) is 17.8 Å². The highest BCUT2D eigenvalue weighted by Gasteiger charge is 2.25. The third-order valence-corrected chi connectivity index (χ3v) is 4.59. The van der Waals surface area contributed by atoms with Gasteiger partial charge in [0.2, 0.25) is 0 Å². The second-order valence-corrected chi connectivity index (χ2v) is 6.04. The molecule has 16 heavy (non-hydrogen) atoms. The molecule has 94 valence electrons. The van der Waals surface area contributed by atoms with Crippen LogP contribution in [0.5, 0.6) is 0 Å². The Hall–Kier alpha value is -0.0800. The lowest BCUT2D eigenvalue weighted by Crippen LogP contribution is -2.32. The molecule has 2 fully saturated rings. The van der Waals surface area contributed by atoms with E-state index in [1.54, 1.807) is 0 Å². The molecule has 0 radical (unpaired) electrons. The van der Waals surface area contributed by atoms with Crippen molar-refractivity contribution in [2.75, 3.05) is 13.1 Å². The molecule has 2 aliphatic carbocycles. The fraction of sp³-hybridized carbons (Fsp3) is 1.00. The number of aliphatic hydroxyl groups is 1. The van der Waals surface area contributed by atoms with E-state index in [0.717, 1.165) is 24.8 Å². The molecule has 2 unspecified atom stereocenters. The minimum atomic E-state index is -0.0288. The van der Waals surface area contributed by atoms with Crippen LogP contribution in [0.1, 0.15) is 51.9 Å². The van der Waals surface area contributed by atoms with Gasteiger partial charge in [-0.15, -0.1) is 0 Å². The van der Waals surface area contributed by atoms with Crippen molar-refractivity contribution in [3.63, 3.8) is 0 Å². The fourth-order valence-electron chi connectivity index (χ4n) is 3.26. The molecule has 0 aliphatic heterocycles. The monoisotopic (exact) mass is 225 g/mol. The number of hydrogen-bond acceptors (Lipinski definition) is 2. The lowest BCUT2D eigenvalue weighted by atomic mass is 9.83. The summed E-state index contributed by atoms with van der Waals surface area (Å²) in [5, 5.41) is 13.3. The first kappa shape index (κ1) is 12.4. The zero-order valence-corrected chi connectivity index (χ0v) is 10.6. The Morgan fingerprint density at radius 2 is 1.75 bits per heavy atom. The Morgan fingerprint density at radius 1 is 1.00 bits per heavy atom. The summed E-state index contributed by atoms with van der Waals surface area (Å²) < 4.78 is 0. The summed E-state index contributed by atoms with van der Waals surface area (Å²) in [5.41, 5.74) is 0. The molecule has 0 heterocycles. The maximum absolute atomic E-state index is 9.72. The Balaban J connectivity index is 1.57. The standard InChI is InChI=1S/C14H27NO/c1-11-5-7-12(8-6-11)9-15-10-13-3-2-4-14(13)16/h11-16H,2-10H2,1H3. The molecule has 2 nitrogen and oxygen atoms in total. The van der Waals surface area contributed by atoms with Gasteiger partial charge in [-0.3, -0.25) is 0 Å². The molecular weight excluding hydrogens is 198 g/mol. The van der Waals surface area contributed by atoms with Crippen LogP contribution in [0.4, 0.5) is 0 Å². The van der Waals surface area contributed by atoms with Crippen LogP contribution in [0.15, 0.2) is 0 Å². The van der Waals surface area contributed by atoms with Crippen LogP contribution < -0.4 is 5.32 Å². The van der Waals surface area contributed by atoms with Crippen LogP contribution in [0.2, 0.25) is 0 Å². The SMILES string of the molecule is CC1CCC(CNCC2CCCC2O)CC1. The highest BCUT2D eigenvalue weighted by molar-refractivity contribution is 4.79. The van der Waals surface area contributed by atoms with Gasteiger partial charge in [0.15, 0.2) is 0 Å². The Kier molecular flexibility index (Phi) is 4.66. The molecule has 0 amide bonds. The van der Waals surface area contributed by atoms with E-state index in [0.29, 0.717) is 5.92 Å². The van der Waals surface area contributed by atoms with Crippen LogP contribution in [-0.4, -0.2) is 24.3 Å². The smallest absolute Gasteiger partial charge is 0.0580 e. The predicted molar refractivity (Wildman–Crippen MR) is 67.3 cm³/mol. The van der Waals surface area contributed by atoms with Gasteiger partial charge in [0.05, 0.1) is 6.10 Å². The molecule has 2 atom stereocenters. The largest absolute Gasteiger partial charge is 0.393 e. The van der Waals surface area contributed by atoms with Gasteiger partial charge in [0, 0.05) is 6.54 Å². The Morgan fingerprint density at radius 3 is 2.38 bits per heavy atom. The van der Waals surface area contributed by atoms with Crippen molar-refractivity contribution < 1.29 is 5.11 Å². The third-order valence-electron chi connectivity index (χ3n) is 4.59. The van der Waals surface area contributed by atoms with Gasteiger partial charge in [-0.25, -0.2) is 0 Å². The Bertz CT molecular complexity index is 199. The van der Waals surface area contributed by atoms with E-state index in [4.69, 9.17) is 0 Å². The fourth-order valence-corrected chi connectivity index (χ4v) is 3.26. The van der Waals surface area contributed by atoms with Gasteiger partial charge in [0.25, 0.3) is 0 Å². The predicted octanol–water partition coefficient (Wildman–Crippen LogP) is 2.56. The second kappa shape index (κ2) is 6.02. The van der Waals surface area contributed by atoms with Crippen LogP contribution in [-0.2, 0) is 0 Å². The summed E-state index contributed by atoms with van der Waals surface area (Å²) in [6.07, 6.45) is 9.07. The van der Waals surface area contributed by atoms with E-state index >= 15 is 0 Å². The molecule has 0 aromatic carbocycles. The number of aliphatic hydroxyl groups excluding tert-OH is 1. The summed E-state index contributed by atoms with van der Waals surface area (Å²) in [6.45, 7) is 4.59. The quantitative estimate of drug-likeness (QED) is 0.770. The number of nitrogens with one attached hydrogen (secondary N) is 1. The molecule has 2 heteroatoms. The highest BCUT2D eigenvalue weighted by Crippen LogP contribution is 2.28. The molecule has 2 N–H and O–H groups in total. The van der Waals surface area contributed by atoms with Gasteiger partial charge in [-0.05, 0) is 50.0 Å². The van der Waals surface area contributed by atoms with E-state index < -0.39 is 0 Å². The van der Waals surface area contributed by atoms with E-state index in [1.165, 1.54) is 45.1 Å². The first-order valence-corrected chi connectivity index (χ1v) is 7.14. The molecule has 0 aromatic heterocycles. The summed E-state index contributed by atoms with van der Waals surface area (Å²) >= 11 is 0. The van der Waals surface area contributed by atoms with Crippen LogP contribution >= 0.6 is 0 Å². The van der Waals surface area contributed by atoms with Crippen molar-refractivity contribution in [1.29, 1.82) is 0 Å². The van der Waals surface area contributed by atoms with Crippen molar-refractivity contribution in [3.8, 4) is 0 Å². The third kappa shape index (κ3) is 3.46. The summed E-state index contributed by atoms with van der Waals surface area (Å²) in [4.78, 5) is 0. The molecule has 2 rings (SSSR count). The summed E-state index contributed by atoms with van der Waals surface area (Å²) in [5.74, 6) is 2.38. The molecule has 2 aliphatic rings. The number of hydrogen-bond donors (Lipinski definition) is 2. The van der Waals surface area contributed by atoms with E-state index in [9.17, 15) is 5.11 Å². The molecule has 0 aromatic rings. The van der Waals surface area contributed by atoms with Crippen molar-refractivity contribution >= 4 is 0 Å². The average Bonchev–Trinajstić information content (AvgIpc) is 2.68. The lowest BCUT2D eigenvalue weighted by molar-refractivity contribution is 0.130. The average molecular weight is 225 g/mol. The topological polar surface area (TPSA) is 32.3 Å². The second-order valence-electron chi connectivity index (χ2n) is 6.04. The van der Waals surface area contributed by atoms with Crippen LogP contribution in [0.3, 0.4) is 0 Å². The summed E-state index contributed by atoms with van der Waals surface area (Å²) in [6, 6.07) is 0. The normalized spacial score (nSPS) is 40.1. The first-order chi connectivity index (χ1) is 7.75. The molecule has 0 spiro atoms. The van der Waals surface area contributed by atoms with Gasteiger partial charge >= 0.3 is 0 Å². The lowest BCUT2D eigenvalue weighted by Gasteiger charge is -2.27. The highest BCUT2D eigenvalue weighted by atomic mass is 16.3. The minimum Gasteiger partial charge on any atom is -0.393 e. The van der Waals surface area contributed by atoms with Gasteiger partial charge in [-0.1, -0.05) is 26.2 Å². The van der Waals surface area contributed by atoms with Crippen molar-refractivity contribution in [3.05, 3.63) is 0 Å². The zero-order valence-electron chi connectivity index (χ0n) is 10.6. The van der Waals surface area contributed by atoms with Crippen LogP contribution in [0, 0.1) is 17.8 Å². The Labute approximate surface area is 99.8 Å². The van der Waals surface area contributed by atoms with Crippen molar-refractivity contribution in [1.82, 2.24) is 5.32 Å². The zero-order chi connectivity index (χ0) is 11.4. The maximum atomic E-state index is 9.72. The first-order valence-electron chi connectivity index (χ1n) is 7.14. The summed E-state index contributed by atoms with van der Waals surface area (Å²) in [7, 11) is 0. The maximum Gasteiger partial charge on any atom is 0.0580 e. The van der Waals surface area contributed by atoms with Crippen molar-refractivity contribution in [2.45, 2.75) is 58.0 Å². The minimum absolute atomic E-state index is 0.0288. The molecule has 0 bridgehead atoms. The van der Waals surface area contributed by atoms with Gasteiger partial charge < -0.3 is 10.4 Å². The molecule has 0 saturated heterocycles. The number of rotatable bonds is 4. The molecular formula is C14H27NO. The van der Waals surface area contributed by atoms with Gasteiger partial charge in [0.1, 0.15) is 0 Å². The van der Waals surface area contributed by atoms with E-state index in [-0.39, 0.29) is 6.10 Å². The van der Waals surface area contributed by atoms with Gasteiger partial charge in [-0.2, -0.15) is 0 Å². The molecule has 2 saturated carbocycles. The van der Waals surface area contributed by atoms with E-state index in [2.05, 4.69) is 12.2 Å². The van der Waals surface area contributed by atoms with Crippen LogP contribution in [0.25, 0.3) is 0 Å². The van der Waals surface area contributed by atoms with E-state index in [1.807, 2.05) is 0 Å².